The molecule has 1 aromatic rings. The van der Waals surface area contributed by atoms with E-state index >= 15 is 0 Å². The summed E-state index contributed by atoms with van der Waals surface area (Å²) in [6.07, 6.45) is 7.84. The topological polar surface area (TPSA) is 49.8 Å². The van der Waals surface area contributed by atoms with Crippen LogP contribution in [-0.4, -0.2) is 23.6 Å². The summed E-state index contributed by atoms with van der Waals surface area (Å²) < 4.78 is 0. The van der Waals surface area contributed by atoms with Crippen LogP contribution in [0.4, 0.5) is 11.6 Å². The number of nitrogens with one attached hydrogen (secondary N) is 2. The van der Waals surface area contributed by atoms with Crippen LogP contribution in [0, 0.1) is 11.8 Å². The van der Waals surface area contributed by atoms with Gasteiger partial charge in [0.1, 0.15) is 18.0 Å². The zero-order valence-electron chi connectivity index (χ0n) is 12.4. The first-order valence-electron chi connectivity index (χ1n) is 7.50. The molecule has 2 atom stereocenters. The molecular weight excluding hydrogens is 236 g/mol. The van der Waals surface area contributed by atoms with Crippen molar-refractivity contribution in [3.8, 4) is 0 Å². The van der Waals surface area contributed by atoms with E-state index in [9.17, 15) is 0 Å². The molecule has 1 aliphatic rings. The maximum Gasteiger partial charge on any atom is 0.134 e. The van der Waals surface area contributed by atoms with E-state index in [-0.39, 0.29) is 0 Å². The van der Waals surface area contributed by atoms with Crippen LogP contribution in [-0.2, 0) is 6.42 Å². The van der Waals surface area contributed by atoms with Crippen molar-refractivity contribution in [3.05, 3.63) is 11.9 Å². The van der Waals surface area contributed by atoms with Gasteiger partial charge in [-0.1, -0.05) is 26.7 Å². The van der Waals surface area contributed by atoms with Crippen LogP contribution in [0.5, 0.6) is 0 Å². The van der Waals surface area contributed by atoms with Crippen LogP contribution in [0.25, 0.3) is 0 Å². The highest BCUT2D eigenvalue weighted by Crippen LogP contribution is 2.31. The van der Waals surface area contributed by atoms with Crippen molar-refractivity contribution in [2.24, 2.45) is 11.8 Å². The van der Waals surface area contributed by atoms with Crippen LogP contribution in [0.3, 0.4) is 0 Å². The number of rotatable bonds is 6. The predicted octanol–water partition coefficient (Wildman–Crippen LogP) is 3.32. The van der Waals surface area contributed by atoms with Crippen molar-refractivity contribution >= 4 is 11.6 Å². The molecule has 1 aromatic heterocycles. The molecule has 0 amide bonds. The Kier molecular flexibility index (Phi) is 5.00. The average Bonchev–Trinajstić information content (AvgIpc) is 2.83. The maximum atomic E-state index is 4.42. The summed E-state index contributed by atoms with van der Waals surface area (Å²) in [5.41, 5.74) is 1.22. The van der Waals surface area contributed by atoms with Gasteiger partial charge in [-0.3, -0.25) is 0 Å². The Balaban J connectivity index is 2.02. The molecule has 0 saturated heterocycles. The third kappa shape index (κ3) is 3.58. The Morgan fingerprint density at radius 3 is 2.68 bits per heavy atom. The Bertz CT molecular complexity index is 405. The highest BCUT2D eigenvalue weighted by atomic mass is 15.1. The molecule has 1 aliphatic carbocycles. The van der Waals surface area contributed by atoms with Crippen molar-refractivity contribution < 1.29 is 0 Å². The molecule has 1 heterocycles. The number of anilines is 2. The number of hydrogen-bond donors (Lipinski definition) is 2. The summed E-state index contributed by atoms with van der Waals surface area (Å²) in [7, 11) is 1.92. The van der Waals surface area contributed by atoms with Gasteiger partial charge in [0.25, 0.3) is 0 Å². The highest BCUT2D eigenvalue weighted by Gasteiger charge is 2.21. The lowest BCUT2D eigenvalue weighted by Crippen LogP contribution is -2.15. The summed E-state index contributed by atoms with van der Waals surface area (Å²) in [6, 6.07) is 0. The molecule has 4 nitrogen and oxygen atoms in total. The minimum atomic E-state index is 0.803. The lowest BCUT2D eigenvalue weighted by molar-refractivity contribution is 0.536. The summed E-state index contributed by atoms with van der Waals surface area (Å²) >= 11 is 0. The van der Waals surface area contributed by atoms with Crippen molar-refractivity contribution in [1.29, 1.82) is 0 Å². The van der Waals surface area contributed by atoms with Gasteiger partial charge in [0.15, 0.2) is 0 Å². The molecule has 0 spiro atoms. The fourth-order valence-corrected chi connectivity index (χ4v) is 3.02. The molecule has 1 saturated carbocycles. The summed E-state index contributed by atoms with van der Waals surface area (Å²) in [5, 5.41) is 6.71. The molecule has 106 valence electrons. The van der Waals surface area contributed by atoms with Crippen molar-refractivity contribution in [2.75, 3.05) is 24.2 Å². The molecule has 2 N–H and O–H groups in total. The minimum absolute atomic E-state index is 0.803. The highest BCUT2D eigenvalue weighted by molar-refractivity contribution is 5.57. The Hall–Kier alpha value is -1.32. The SMILES string of the molecule is CCCc1c(NC)ncnc1NCC1CCC(C)C1. The molecule has 0 radical (unpaired) electrons. The van der Waals surface area contributed by atoms with E-state index in [0.29, 0.717) is 0 Å². The second kappa shape index (κ2) is 6.73. The van der Waals surface area contributed by atoms with Gasteiger partial charge in [-0.15, -0.1) is 0 Å². The molecule has 4 heteroatoms. The van der Waals surface area contributed by atoms with Gasteiger partial charge in [-0.2, -0.15) is 0 Å². The minimum Gasteiger partial charge on any atom is -0.373 e. The standard InChI is InChI=1S/C15H26N4/c1-4-5-13-14(16-3)18-10-19-15(13)17-9-12-7-6-11(2)8-12/h10-12H,4-9H2,1-3H3,(H2,16,17,18,19). The number of hydrogen-bond acceptors (Lipinski definition) is 4. The van der Waals surface area contributed by atoms with E-state index in [1.165, 1.54) is 24.8 Å². The Morgan fingerprint density at radius 1 is 1.26 bits per heavy atom. The largest absolute Gasteiger partial charge is 0.373 e. The van der Waals surface area contributed by atoms with E-state index in [0.717, 1.165) is 42.9 Å². The summed E-state index contributed by atoms with van der Waals surface area (Å²) in [5.74, 6) is 3.66. The maximum absolute atomic E-state index is 4.42. The van der Waals surface area contributed by atoms with Crippen LogP contribution >= 0.6 is 0 Å². The predicted molar refractivity (Wildman–Crippen MR) is 80.6 cm³/mol. The smallest absolute Gasteiger partial charge is 0.134 e. The zero-order valence-corrected chi connectivity index (χ0v) is 12.4. The van der Waals surface area contributed by atoms with Gasteiger partial charge in [0.05, 0.1) is 0 Å². The van der Waals surface area contributed by atoms with E-state index in [2.05, 4.69) is 34.4 Å². The molecule has 0 aromatic carbocycles. The van der Waals surface area contributed by atoms with Crippen LogP contribution in [0.1, 0.15) is 45.1 Å². The van der Waals surface area contributed by atoms with E-state index < -0.39 is 0 Å². The van der Waals surface area contributed by atoms with Gasteiger partial charge in [-0.05, 0) is 31.1 Å². The average molecular weight is 262 g/mol. The van der Waals surface area contributed by atoms with Gasteiger partial charge in [0, 0.05) is 19.2 Å². The molecule has 0 bridgehead atoms. The third-order valence-corrected chi connectivity index (χ3v) is 4.04. The number of nitrogens with zero attached hydrogens (tertiary/aromatic N) is 2. The van der Waals surface area contributed by atoms with Crippen molar-refractivity contribution in [2.45, 2.75) is 46.0 Å². The fraction of sp³-hybridized carbons (Fsp3) is 0.733. The van der Waals surface area contributed by atoms with Crippen molar-refractivity contribution in [3.63, 3.8) is 0 Å². The number of aromatic nitrogens is 2. The summed E-state index contributed by atoms with van der Waals surface area (Å²) in [6.45, 7) is 5.59. The van der Waals surface area contributed by atoms with Gasteiger partial charge in [0.2, 0.25) is 0 Å². The summed E-state index contributed by atoms with van der Waals surface area (Å²) in [4.78, 5) is 8.73. The van der Waals surface area contributed by atoms with E-state index in [1.54, 1.807) is 6.33 Å². The molecule has 1 fully saturated rings. The lowest BCUT2D eigenvalue weighted by Gasteiger charge is -2.16. The van der Waals surface area contributed by atoms with E-state index in [1.807, 2.05) is 7.05 Å². The van der Waals surface area contributed by atoms with Crippen molar-refractivity contribution in [1.82, 2.24) is 9.97 Å². The quantitative estimate of drug-likeness (QED) is 0.825. The molecule has 0 aliphatic heterocycles. The van der Waals surface area contributed by atoms with Gasteiger partial charge in [-0.25, -0.2) is 9.97 Å². The molecular formula is C15H26N4. The van der Waals surface area contributed by atoms with E-state index in [4.69, 9.17) is 0 Å². The second-order valence-corrected chi connectivity index (χ2v) is 5.71. The second-order valence-electron chi connectivity index (χ2n) is 5.71. The molecule has 19 heavy (non-hydrogen) atoms. The molecule has 2 rings (SSSR count). The first kappa shape index (κ1) is 14.1. The zero-order chi connectivity index (χ0) is 13.7. The first-order chi connectivity index (χ1) is 9.24. The third-order valence-electron chi connectivity index (χ3n) is 4.04. The Morgan fingerprint density at radius 2 is 2.05 bits per heavy atom. The monoisotopic (exact) mass is 262 g/mol. The van der Waals surface area contributed by atoms with Crippen LogP contribution in [0.15, 0.2) is 6.33 Å². The van der Waals surface area contributed by atoms with Crippen LogP contribution < -0.4 is 10.6 Å². The van der Waals surface area contributed by atoms with Gasteiger partial charge < -0.3 is 10.6 Å². The molecule has 2 unspecified atom stereocenters. The first-order valence-corrected chi connectivity index (χ1v) is 7.50. The Labute approximate surface area is 116 Å². The fourth-order valence-electron chi connectivity index (χ4n) is 3.02. The van der Waals surface area contributed by atoms with Crippen LogP contribution in [0.2, 0.25) is 0 Å². The normalized spacial score (nSPS) is 22.5. The van der Waals surface area contributed by atoms with Gasteiger partial charge >= 0.3 is 0 Å². The lowest BCUT2D eigenvalue weighted by atomic mass is 10.1.